The van der Waals surface area contributed by atoms with Crippen LogP contribution in [0.3, 0.4) is 0 Å². The lowest BCUT2D eigenvalue weighted by Crippen LogP contribution is -1.92. The lowest BCUT2D eigenvalue weighted by molar-refractivity contribution is 1.61. The molecule has 8 rings (SSSR count). The van der Waals surface area contributed by atoms with Gasteiger partial charge in [-0.05, 0) is 89.0 Å². The molecule has 0 aliphatic carbocycles. The molecule has 0 spiro atoms. The predicted octanol–water partition coefficient (Wildman–Crippen LogP) is 11.8. The minimum absolute atomic E-state index is 1.23. The Labute approximate surface area is 246 Å². The summed E-state index contributed by atoms with van der Waals surface area (Å²) in [6.45, 7) is 0. The molecule has 0 N–H and O–H groups in total. The SMILES string of the molecule is c1ccc(-c2ccc(-c3c4ccccc4c(-c4ccc5ccccc5c4)c4ccc(-c5ccccc5)cc34)cc2)cc1. The van der Waals surface area contributed by atoms with Gasteiger partial charge in [-0.3, -0.25) is 0 Å². The largest absolute Gasteiger partial charge is 0.0622 e. The van der Waals surface area contributed by atoms with Gasteiger partial charge in [0.05, 0.1) is 0 Å². The minimum atomic E-state index is 1.23. The van der Waals surface area contributed by atoms with Crippen molar-refractivity contribution in [2.45, 2.75) is 0 Å². The van der Waals surface area contributed by atoms with Gasteiger partial charge in [0.25, 0.3) is 0 Å². The van der Waals surface area contributed by atoms with E-state index in [1.807, 2.05) is 0 Å². The van der Waals surface area contributed by atoms with Crippen LogP contribution in [0.2, 0.25) is 0 Å². The molecule has 0 nitrogen and oxygen atoms in total. The summed E-state index contributed by atoms with van der Waals surface area (Å²) in [5.41, 5.74) is 9.95. The number of fused-ring (bicyclic) bond motifs is 3. The molecule has 0 heteroatoms. The van der Waals surface area contributed by atoms with Gasteiger partial charge in [-0.2, -0.15) is 0 Å². The summed E-state index contributed by atoms with van der Waals surface area (Å²) in [6.07, 6.45) is 0. The molecule has 8 aromatic carbocycles. The molecular formula is C42H28. The quantitative estimate of drug-likeness (QED) is 0.198. The van der Waals surface area contributed by atoms with Crippen LogP contribution in [0.1, 0.15) is 0 Å². The molecule has 0 aliphatic heterocycles. The van der Waals surface area contributed by atoms with Crippen molar-refractivity contribution >= 4 is 32.3 Å². The van der Waals surface area contributed by atoms with Crippen molar-refractivity contribution in [1.82, 2.24) is 0 Å². The zero-order valence-corrected chi connectivity index (χ0v) is 23.2. The highest BCUT2D eigenvalue weighted by Gasteiger charge is 2.18. The molecule has 8 aromatic rings. The van der Waals surface area contributed by atoms with Gasteiger partial charge < -0.3 is 0 Å². The van der Waals surface area contributed by atoms with Gasteiger partial charge in [0.2, 0.25) is 0 Å². The van der Waals surface area contributed by atoms with Gasteiger partial charge in [0.15, 0.2) is 0 Å². The highest BCUT2D eigenvalue weighted by molar-refractivity contribution is 6.22. The molecule has 0 heterocycles. The Morgan fingerprint density at radius 2 is 0.667 bits per heavy atom. The monoisotopic (exact) mass is 532 g/mol. The van der Waals surface area contributed by atoms with Crippen molar-refractivity contribution < 1.29 is 0 Å². The lowest BCUT2D eigenvalue weighted by Gasteiger charge is -2.19. The summed E-state index contributed by atoms with van der Waals surface area (Å²) < 4.78 is 0. The molecule has 0 amide bonds. The van der Waals surface area contributed by atoms with E-state index < -0.39 is 0 Å². The van der Waals surface area contributed by atoms with Crippen LogP contribution in [-0.2, 0) is 0 Å². The van der Waals surface area contributed by atoms with E-state index in [9.17, 15) is 0 Å². The molecule has 0 aromatic heterocycles. The van der Waals surface area contributed by atoms with Crippen molar-refractivity contribution in [2.75, 3.05) is 0 Å². The second kappa shape index (κ2) is 10.2. The van der Waals surface area contributed by atoms with E-state index >= 15 is 0 Å². The van der Waals surface area contributed by atoms with E-state index in [4.69, 9.17) is 0 Å². The summed E-state index contributed by atoms with van der Waals surface area (Å²) in [5.74, 6) is 0. The van der Waals surface area contributed by atoms with Crippen LogP contribution < -0.4 is 0 Å². The van der Waals surface area contributed by atoms with Crippen molar-refractivity contribution in [3.8, 4) is 44.5 Å². The van der Waals surface area contributed by atoms with Gasteiger partial charge in [-0.15, -0.1) is 0 Å². The van der Waals surface area contributed by atoms with E-state index in [-0.39, 0.29) is 0 Å². The molecule has 196 valence electrons. The van der Waals surface area contributed by atoms with E-state index in [0.29, 0.717) is 0 Å². The first-order valence-corrected chi connectivity index (χ1v) is 14.5. The molecule has 0 radical (unpaired) electrons. The number of rotatable bonds is 4. The Morgan fingerprint density at radius 1 is 0.214 bits per heavy atom. The normalized spacial score (nSPS) is 11.3. The van der Waals surface area contributed by atoms with Crippen molar-refractivity contribution in [1.29, 1.82) is 0 Å². The Balaban J connectivity index is 1.44. The molecular weight excluding hydrogens is 504 g/mol. The van der Waals surface area contributed by atoms with Crippen LogP contribution in [0.15, 0.2) is 170 Å². The summed E-state index contributed by atoms with van der Waals surface area (Å²) in [6, 6.07) is 61.8. The van der Waals surface area contributed by atoms with Gasteiger partial charge in [0.1, 0.15) is 0 Å². The summed E-state index contributed by atoms with van der Waals surface area (Å²) >= 11 is 0. The number of hydrogen-bond acceptors (Lipinski definition) is 0. The Hall–Kier alpha value is -5.46. The number of benzene rings is 8. The molecule has 0 unspecified atom stereocenters. The first-order chi connectivity index (χ1) is 20.8. The summed E-state index contributed by atoms with van der Waals surface area (Å²) in [5, 5.41) is 7.60. The second-order valence-electron chi connectivity index (χ2n) is 10.9. The van der Waals surface area contributed by atoms with Crippen LogP contribution in [-0.4, -0.2) is 0 Å². The molecule has 42 heavy (non-hydrogen) atoms. The van der Waals surface area contributed by atoms with E-state index in [1.165, 1.54) is 76.8 Å². The van der Waals surface area contributed by atoms with Crippen LogP contribution in [0, 0.1) is 0 Å². The molecule has 0 saturated carbocycles. The van der Waals surface area contributed by atoms with Crippen molar-refractivity contribution in [3.63, 3.8) is 0 Å². The van der Waals surface area contributed by atoms with E-state index in [0.717, 1.165) is 0 Å². The Morgan fingerprint density at radius 3 is 1.36 bits per heavy atom. The fourth-order valence-corrected chi connectivity index (χ4v) is 6.42. The summed E-state index contributed by atoms with van der Waals surface area (Å²) in [7, 11) is 0. The highest BCUT2D eigenvalue weighted by atomic mass is 14.2. The third-order valence-electron chi connectivity index (χ3n) is 8.45. The summed E-state index contributed by atoms with van der Waals surface area (Å²) in [4.78, 5) is 0. The van der Waals surface area contributed by atoms with Crippen LogP contribution in [0.25, 0.3) is 76.8 Å². The Kier molecular flexibility index (Phi) is 5.90. The number of hydrogen-bond donors (Lipinski definition) is 0. The maximum atomic E-state index is 2.39. The van der Waals surface area contributed by atoms with Gasteiger partial charge in [-0.25, -0.2) is 0 Å². The first-order valence-electron chi connectivity index (χ1n) is 14.5. The van der Waals surface area contributed by atoms with Gasteiger partial charge >= 0.3 is 0 Å². The van der Waals surface area contributed by atoms with Crippen LogP contribution >= 0.6 is 0 Å². The molecule has 0 aliphatic rings. The zero-order chi connectivity index (χ0) is 27.9. The Bertz CT molecular complexity index is 2210. The highest BCUT2D eigenvalue weighted by Crippen LogP contribution is 2.45. The maximum absolute atomic E-state index is 2.39. The smallest absolute Gasteiger partial charge is 0.00261 e. The average molecular weight is 533 g/mol. The van der Waals surface area contributed by atoms with Crippen LogP contribution in [0.4, 0.5) is 0 Å². The topological polar surface area (TPSA) is 0 Å². The average Bonchev–Trinajstić information content (AvgIpc) is 3.07. The minimum Gasteiger partial charge on any atom is -0.0622 e. The van der Waals surface area contributed by atoms with Gasteiger partial charge in [-0.1, -0.05) is 158 Å². The molecule has 0 fully saturated rings. The van der Waals surface area contributed by atoms with Crippen LogP contribution in [0.5, 0.6) is 0 Å². The third kappa shape index (κ3) is 4.17. The fraction of sp³-hybridized carbons (Fsp3) is 0. The second-order valence-corrected chi connectivity index (χ2v) is 10.9. The standard InChI is InChI=1S/C42H28/c1-3-11-29(12-4-1)32-19-22-33(23-20-32)41-37-17-9-10-18-38(37)42(36-24-21-31-15-7-8-16-34(31)27-36)39-26-25-35(28-40(39)41)30-13-5-2-6-14-30/h1-28H. The maximum Gasteiger partial charge on any atom is -0.00261 e. The van der Waals surface area contributed by atoms with Crippen molar-refractivity contribution in [3.05, 3.63) is 170 Å². The first kappa shape index (κ1) is 24.3. The molecule has 0 bridgehead atoms. The third-order valence-corrected chi connectivity index (χ3v) is 8.45. The lowest BCUT2D eigenvalue weighted by atomic mass is 9.84. The zero-order valence-electron chi connectivity index (χ0n) is 23.2. The van der Waals surface area contributed by atoms with E-state index in [1.54, 1.807) is 0 Å². The van der Waals surface area contributed by atoms with E-state index in [2.05, 4.69) is 170 Å². The molecule has 0 saturated heterocycles. The fourth-order valence-electron chi connectivity index (χ4n) is 6.42. The van der Waals surface area contributed by atoms with Gasteiger partial charge in [0, 0.05) is 0 Å². The predicted molar refractivity (Wildman–Crippen MR) is 181 cm³/mol. The molecule has 0 atom stereocenters. The van der Waals surface area contributed by atoms with Crippen molar-refractivity contribution in [2.24, 2.45) is 0 Å².